The van der Waals surface area contributed by atoms with Crippen LogP contribution in [0.2, 0.25) is 0 Å². The minimum Gasteiger partial charge on any atom is -0.393 e. The van der Waals surface area contributed by atoms with Crippen molar-refractivity contribution in [3.63, 3.8) is 0 Å². The van der Waals surface area contributed by atoms with E-state index >= 15 is 0 Å². The fraction of sp³-hybridized carbons (Fsp3) is 0.611. The first kappa shape index (κ1) is 13.5. The summed E-state index contributed by atoms with van der Waals surface area (Å²) in [5, 5.41) is 20.5. The van der Waals surface area contributed by atoms with Gasteiger partial charge in [0.2, 0.25) is 0 Å². The maximum Gasteiger partial charge on any atom is 0.139 e. The number of hydrogen-bond acceptors (Lipinski definition) is 3. The van der Waals surface area contributed by atoms with Crippen LogP contribution in [-0.4, -0.2) is 22.1 Å². The van der Waals surface area contributed by atoms with Crippen LogP contribution < -0.4 is 0 Å². The molecule has 21 heavy (non-hydrogen) atoms. The highest BCUT2D eigenvalue weighted by Crippen LogP contribution is 2.57. The van der Waals surface area contributed by atoms with Crippen molar-refractivity contribution in [2.75, 3.05) is 0 Å². The van der Waals surface area contributed by atoms with Gasteiger partial charge in [0.15, 0.2) is 0 Å². The van der Waals surface area contributed by atoms with Crippen LogP contribution in [0.1, 0.15) is 66.9 Å². The van der Waals surface area contributed by atoms with Crippen molar-refractivity contribution in [2.24, 2.45) is 5.41 Å². The van der Waals surface area contributed by atoms with E-state index in [1.807, 2.05) is 6.92 Å². The highest BCUT2D eigenvalue weighted by molar-refractivity contribution is 5.88. The molecule has 3 nitrogen and oxygen atoms in total. The molecule has 0 aromatic heterocycles. The molecule has 1 saturated carbocycles. The van der Waals surface area contributed by atoms with E-state index in [0.29, 0.717) is 25.0 Å². The summed E-state index contributed by atoms with van der Waals surface area (Å²) in [6, 6.07) is 4.22. The number of aliphatic hydroxyl groups excluding tert-OH is 2. The highest BCUT2D eigenvalue weighted by Gasteiger charge is 2.52. The molecular weight excluding hydrogens is 264 g/mol. The first-order valence-corrected chi connectivity index (χ1v) is 8.04. The van der Waals surface area contributed by atoms with Crippen LogP contribution in [0.5, 0.6) is 0 Å². The van der Waals surface area contributed by atoms with Gasteiger partial charge >= 0.3 is 0 Å². The number of aliphatic hydroxyl groups is 2. The summed E-state index contributed by atoms with van der Waals surface area (Å²) in [6.45, 7) is 2.03. The fourth-order valence-electron chi connectivity index (χ4n) is 4.91. The molecule has 3 heteroatoms. The Labute approximate surface area is 125 Å². The molecule has 0 spiro atoms. The predicted octanol–water partition coefficient (Wildman–Crippen LogP) is 2.43. The van der Waals surface area contributed by atoms with Crippen molar-refractivity contribution in [2.45, 2.75) is 63.6 Å². The lowest BCUT2D eigenvalue weighted by Gasteiger charge is -2.41. The van der Waals surface area contributed by atoms with E-state index in [1.54, 1.807) is 0 Å². The van der Waals surface area contributed by atoms with E-state index in [-0.39, 0.29) is 17.4 Å². The number of carbonyl (C=O) groups is 1. The van der Waals surface area contributed by atoms with Gasteiger partial charge in [0.1, 0.15) is 5.78 Å². The molecule has 112 valence electrons. The SMILES string of the molecule is C[C@@]12C[C@@H](O)c3c(ccc4c3CC[C@H](O)C4)[C@@H]1CCC2=O. The largest absolute Gasteiger partial charge is 0.393 e. The Kier molecular flexibility index (Phi) is 2.82. The molecule has 0 saturated heterocycles. The molecule has 1 fully saturated rings. The lowest BCUT2D eigenvalue weighted by Crippen LogP contribution is -2.36. The second-order valence-electron chi connectivity index (χ2n) is 7.25. The van der Waals surface area contributed by atoms with Crippen LogP contribution in [0.4, 0.5) is 0 Å². The van der Waals surface area contributed by atoms with Crippen LogP contribution in [0.3, 0.4) is 0 Å². The molecule has 0 bridgehead atoms. The van der Waals surface area contributed by atoms with Crippen LogP contribution in [-0.2, 0) is 17.6 Å². The van der Waals surface area contributed by atoms with Crippen LogP contribution in [0.15, 0.2) is 12.1 Å². The number of ketones is 1. The molecule has 4 atom stereocenters. The molecule has 1 aromatic rings. The van der Waals surface area contributed by atoms with Gasteiger partial charge in [-0.1, -0.05) is 19.1 Å². The normalized spacial score (nSPS) is 37.9. The van der Waals surface area contributed by atoms with Gasteiger partial charge in [0.25, 0.3) is 0 Å². The summed E-state index contributed by atoms with van der Waals surface area (Å²) < 4.78 is 0. The van der Waals surface area contributed by atoms with Crippen molar-refractivity contribution < 1.29 is 15.0 Å². The summed E-state index contributed by atoms with van der Waals surface area (Å²) in [5.41, 5.74) is 4.31. The monoisotopic (exact) mass is 286 g/mol. The zero-order valence-electron chi connectivity index (χ0n) is 12.4. The van der Waals surface area contributed by atoms with E-state index < -0.39 is 6.10 Å². The van der Waals surface area contributed by atoms with Crippen molar-refractivity contribution >= 4 is 5.78 Å². The van der Waals surface area contributed by atoms with Crippen molar-refractivity contribution in [3.8, 4) is 0 Å². The lowest BCUT2D eigenvalue weighted by atomic mass is 9.63. The molecule has 0 aliphatic heterocycles. The van der Waals surface area contributed by atoms with Gasteiger partial charge in [-0.05, 0) is 60.3 Å². The Balaban J connectivity index is 1.87. The molecule has 3 aliphatic carbocycles. The minimum atomic E-state index is -0.534. The van der Waals surface area contributed by atoms with Crippen LogP contribution in [0, 0.1) is 5.41 Å². The van der Waals surface area contributed by atoms with Crippen molar-refractivity contribution in [3.05, 3.63) is 34.4 Å². The summed E-state index contributed by atoms with van der Waals surface area (Å²) in [6.07, 6.45) is 3.63. The van der Waals surface area contributed by atoms with E-state index in [2.05, 4.69) is 12.1 Å². The summed E-state index contributed by atoms with van der Waals surface area (Å²) in [7, 11) is 0. The molecular formula is C18H22O3. The Morgan fingerprint density at radius 1 is 1.19 bits per heavy atom. The molecule has 4 rings (SSSR count). The number of benzene rings is 1. The second kappa shape index (κ2) is 4.40. The third-order valence-corrected chi connectivity index (χ3v) is 6.06. The standard InChI is InChI=1S/C18H22O3/c1-18-9-15(20)17-12-5-3-11(19)8-10(12)2-4-13(17)14(18)6-7-16(18)21/h2,4,11,14-15,19-20H,3,5-9H2,1H3/t11-,14-,15+,18+/m0/s1. The molecule has 0 radical (unpaired) electrons. The van der Waals surface area contributed by atoms with Crippen molar-refractivity contribution in [1.29, 1.82) is 0 Å². The van der Waals surface area contributed by atoms with Gasteiger partial charge in [0, 0.05) is 11.8 Å². The molecule has 0 amide bonds. The lowest BCUT2D eigenvalue weighted by molar-refractivity contribution is -0.127. The van der Waals surface area contributed by atoms with E-state index in [9.17, 15) is 15.0 Å². The zero-order chi connectivity index (χ0) is 14.8. The third kappa shape index (κ3) is 1.77. The minimum absolute atomic E-state index is 0.255. The number of fused-ring (bicyclic) bond motifs is 5. The van der Waals surface area contributed by atoms with E-state index in [4.69, 9.17) is 0 Å². The molecule has 2 N–H and O–H groups in total. The number of Topliss-reactive ketones (excluding diaryl/α,β-unsaturated/α-hetero) is 1. The van der Waals surface area contributed by atoms with Gasteiger partial charge in [0.05, 0.1) is 12.2 Å². The molecule has 1 aromatic carbocycles. The summed E-state index contributed by atoms with van der Waals surface area (Å²) in [5.74, 6) is 0.575. The first-order valence-electron chi connectivity index (χ1n) is 8.04. The van der Waals surface area contributed by atoms with Crippen LogP contribution in [0.25, 0.3) is 0 Å². The Morgan fingerprint density at radius 3 is 2.81 bits per heavy atom. The van der Waals surface area contributed by atoms with Crippen LogP contribution >= 0.6 is 0 Å². The Bertz CT molecular complexity index is 621. The van der Waals surface area contributed by atoms with Gasteiger partial charge in [-0.25, -0.2) is 0 Å². The van der Waals surface area contributed by atoms with Crippen molar-refractivity contribution in [1.82, 2.24) is 0 Å². The zero-order valence-corrected chi connectivity index (χ0v) is 12.4. The summed E-state index contributed by atoms with van der Waals surface area (Å²) in [4.78, 5) is 12.3. The third-order valence-electron chi connectivity index (χ3n) is 6.06. The molecule has 0 heterocycles. The average Bonchev–Trinajstić information content (AvgIpc) is 2.74. The summed E-state index contributed by atoms with van der Waals surface area (Å²) >= 11 is 0. The topological polar surface area (TPSA) is 57.5 Å². The van der Waals surface area contributed by atoms with Gasteiger partial charge in [-0.3, -0.25) is 4.79 Å². The smallest absolute Gasteiger partial charge is 0.139 e. The van der Waals surface area contributed by atoms with E-state index in [0.717, 1.165) is 24.8 Å². The average molecular weight is 286 g/mol. The van der Waals surface area contributed by atoms with Gasteiger partial charge in [-0.15, -0.1) is 0 Å². The van der Waals surface area contributed by atoms with Gasteiger partial charge in [-0.2, -0.15) is 0 Å². The molecule has 3 aliphatic rings. The number of hydrogen-bond donors (Lipinski definition) is 2. The quantitative estimate of drug-likeness (QED) is 0.770. The Hall–Kier alpha value is -1.19. The predicted molar refractivity (Wildman–Crippen MR) is 79.1 cm³/mol. The van der Waals surface area contributed by atoms with E-state index in [1.165, 1.54) is 16.7 Å². The number of carbonyl (C=O) groups excluding carboxylic acids is 1. The number of rotatable bonds is 0. The first-order chi connectivity index (χ1) is 10.0. The second-order valence-corrected chi connectivity index (χ2v) is 7.25. The maximum atomic E-state index is 12.3. The highest BCUT2D eigenvalue weighted by atomic mass is 16.3. The molecule has 0 unspecified atom stereocenters. The Morgan fingerprint density at radius 2 is 2.00 bits per heavy atom. The fourth-order valence-corrected chi connectivity index (χ4v) is 4.91. The van der Waals surface area contributed by atoms with Gasteiger partial charge < -0.3 is 10.2 Å². The maximum absolute atomic E-state index is 12.3.